The van der Waals surface area contributed by atoms with Crippen molar-refractivity contribution in [2.45, 2.75) is 0 Å². The van der Waals surface area contributed by atoms with Gasteiger partial charge in [0, 0.05) is 28.2 Å². The van der Waals surface area contributed by atoms with Crippen molar-refractivity contribution in [2.75, 3.05) is 28.2 Å². The molecule has 0 radical (unpaired) electrons. The Morgan fingerprint density at radius 3 is 1.75 bits per heavy atom. The molecule has 0 aliphatic carbocycles. The lowest BCUT2D eigenvalue weighted by Crippen LogP contribution is -2.07. The summed E-state index contributed by atoms with van der Waals surface area (Å²) in [6, 6.07) is 5.57. The maximum Gasteiger partial charge on any atom is 0.156 e. The van der Waals surface area contributed by atoms with Crippen LogP contribution in [0.1, 0.15) is 0 Å². The van der Waals surface area contributed by atoms with Crippen LogP contribution in [0.3, 0.4) is 0 Å². The molecule has 1 aromatic heterocycles. The van der Waals surface area contributed by atoms with Crippen LogP contribution < -0.4 is 0 Å². The first-order valence-electron chi connectivity index (χ1n) is 4.96. The van der Waals surface area contributed by atoms with Crippen molar-refractivity contribution < 1.29 is 0 Å². The van der Waals surface area contributed by atoms with Gasteiger partial charge in [-0.05, 0) is 12.1 Å². The Kier molecular flexibility index (Phi) is 4.44. The molecule has 86 valence electrons. The summed E-state index contributed by atoms with van der Waals surface area (Å²) in [5.41, 5.74) is 0. The molecule has 0 amide bonds. The molecule has 5 nitrogen and oxygen atoms in total. The van der Waals surface area contributed by atoms with Crippen LogP contribution in [0.2, 0.25) is 0 Å². The molecule has 0 N–H and O–H groups in total. The van der Waals surface area contributed by atoms with E-state index < -0.39 is 0 Å². The minimum Gasteiger partial charge on any atom is -0.369 e. The fourth-order valence-corrected chi connectivity index (χ4v) is 0.905. The first-order valence-corrected chi connectivity index (χ1v) is 4.96. The predicted octanol–water partition coefficient (Wildman–Crippen LogP) is 1.52. The maximum absolute atomic E-state index is 4.27. The lowest BCUT2D eigenvalue weighted by Gasteiger charge is -2.03. The van der Waals surface area contributed by atoms with Crippen LogP contribution in [0.4, 0.5) is 11.6 Å². The van der Waals surface area contributed by atoms with Gasteiger partial charge in [0.2, 0.25) is 0 Å². The third kappa shape index (κ3) is 4.54. The summed E-state index contributed by atoms with van der Waals surface area (Å²) < 4.78 is 0. The largest absolute Gasteiger partial charge is 0.369 e. The van der Waals surface area contributed by atoms with E-state index in [0.717, 1.165) is 0 Å². The second-order valence-corrected chi connectivity index (χ2v) is 3.77. The molecule has 0 saturated carbocycles. The van der Waals surface area contributed by atoms with Crippen LogP contribution in [-0.2, 0) is 0 Å². The summed E-state index contributed by atoms with van der Waals surface area (Å²) in [6.07, 6.45) is 3.42. The number of aromatic nitrogens is 1. The Hall–Kier alpha value is -1.91. The lowest BCUT2D eigenvalue weighted by atomic mass is 10.4. The van der Waals surface area contributed by atoms with E-state index in [-0.39, 0.29) is 0 Å². The SMILES string of the molecule is CN(C)C=Nc1cccc(/N=C/N(C)C)n1. The highest BCUT2D eigenvalue weighted by atomic mass is 15.1. The van der Waals surface area contributed by atoms with Gasteiger partial charge in [0.15, 0.2) is 11.6 Å². The second-order valence-electron chi connectivity index (χ2n) is 3.77. The van der Waals surface area contributed by atoms with Gasteiger partial charge < -0.3 is 9.80 Å². The van der Waals surface area contributed by atoms with Crippen LogP contribution >= 0.6 is 0 Å². The molecule has 0 saturated heterocycles. The highest BCUT2D eigenvalue weighted by Gasteiger charge is 1.93. The molecule has 1 heterocycles. The number of aliphatic imine (C=N–C) groups is 2. The van der Waals surface area contributed by atoms with E-state index in [0.29, 0.717) is 11.6 Å². The van der Waals surface area contributed by atoms with Crippen LogP contribution in [0, 0.1) is 0 Å². The summed E-state index contributed by atoms with van der Waals surface area (Å²) in [5, 5.41) is 0. The van der Waals surface area contributed by atoms with Gasteiger partial charge in [0.1, 0.15) is 0 Å². The Labute approximate surface area is 96.2 Å². The van der Waals surface area contributed by atoms with Gasteiger partial charge in [-0.15, -0.1) is 0 Å². The molecule has 0 aliphatic heterocycles. The number of hydrogen-bond acceptors (Lipinski definition) is 3. The molecule has 16 heavy (non-hydrogen) atoms. The summed E-state index contributed by atoms with van der Waals surface area (Å²) in [6.45, 7) is 0. The lowest BCUT2D eigenvalue weighted by molar-refractivity contribution is 0.642. The van der Waals surface area contributed by atoms with Crippen molar-refractivity contribution in [1.29, 1.82) is 0 Å². The predicted molar refractivity (Wildman–Crippen MR) is 67.9 cm³/mol. The Morgan fingerprint density at radius 2 is 1.38 bits per heavy atom. The van der Waals surface area contributed by atoms with E-state index in [1.54, 1.807) is 12.7 Å². The molecule has 1 rings (SSSR count). The zero-order valence-electron chi connectivity index (χ0n) is 10.1. The van der Waals surface area contributed by atoms with E-state index in [4.69, 9.17) is 0 Å². The third-order valence-corrected chi connectivity index (χ3v) is 1.56. The molecule has 5 heteroatoms. The molecule has 0 fully saturated rings. The summed E-state index contributed by atoms with van der Waals surface area (Å²) in [7, 11) is 7.66. The Morgan fingerprint density at radius 1 is 0.938 bits per heavy atom. The number of hydrogen-bond donors (Lipinski definition) is 0. The monoisotopic (exact) mass is 219 g/mol. The third-order valence-electron chi connectivity index (χ3n) is 1.56. The molecule has 0 unspecified atom stereocenters. The maximum atomic E-state index is 4.27. The average molecular weight is 219 g/mol. The first kappa shape index (κ1) is 12.2. The van der Waals surface area contributed by atoms with Gasteiger partial charge in [-0.2, -0.15) is 0 Å². The van der Waals surface area contributed by atoms with Crippen molar-refractivity contribution in [1.82, 2.24) is 14.8 Å². The second kappa shape index (κ2) is 5.85. The summed E-state index contributed by atoms with van der Waals surface area (Å²) in [5.74, 6) is 1.31. The van der Waals surface area contributed by atoms with Crippen molar-refractivity contribution in [3.63, 3.8) is 0 Å². The molecule has 0 spiro atoms. The average Bonchev–Trinajstić information content (AvgIpc) is 2.24. The highest BCUT2D eigenvalue weighted by molar-refractivity contribution is 5.61. The molecule has 1 aromatic rings. The van der Waals surface area contributed by atoms with E-state index >= 15 is 0 Å². The van der Waals surface area contributed by atoms with Crippen LogP contribution in [-0.4, -0.2) is 55.7 Å². The van der Waals surface area contributed by atoms with Crippen molar-refractivity contribution in [2.24, 2.45) is 9.98 Å². The molecule has 0 atom stereocenters. The fourth-order valence-electron chi connectivity index (χ4n) is 0.905. The zero-order valence-corrected chi connectivity index (χ0v) is 10.1. The smallest absolute Gasteiger partial charge is 0.156 e. The standard InChI is InChI=1S/C11H17N5/c1-15(2)8-12-10-6-5-7-11(14-10)13-9-16(3)4/h5-9H,1-4H3/b12-8+,13-9?. The number of rotatable bonds is 4. The van der Waals surface area contributed by atoms with Crippen molar-refractivity contribution >= 4 is 24.3 Å². The first-order chi connectivity index (χ1) is 7.58. The van der Waals surface area contributed by atoms with Crippen LogP contribution in [0.5, 0.6) is 0 Å². The van der Waals surface area contributed by atoms with Crippen LogP contribution in [0.25, 0.3) is 0 Å². The van der Waals surface area contributed by atoms with Gasteiger partial charge in [-0.1, -0.05) is 6.07 Å². The minimum atomic E-state index is 0.655. The molecule has 0 bridgehead atoms. The molecule has 0 aromatic carbocycles. The van der Waals surface area contributed by atoms with Gasteiger partial charge in [-0.25, -0.2) is 15.0 Å². The summed E-state index contributed by atoms with van der Waals surface area (Å²) in [4.78, 5) is 16.4. The quantitative estimate of drug-likeness (QED) is 0.569. The van der Waals surface area contributed by atoms with Gasteiger partial charge in [0.25, 0.3) is 0 Å². The highest BCUT2D eigenvalue weighted by Crippen LogP contribution is 2.13. The van der Waals surface area contributed by atoms with Crippen molar-refractivity contribution in [3.8, 4) is 0 Å². The van der Waals surface area contributed by atoms with E-state index in [2.05, 4.69) is 15.0 Å². The normalized spacial score (nSPS) is 11.2. The van der Waals surface area contributed by atoms with Gasteiger partial charge in [0.05, 0.1) is 12.7 Å². The minimum absolute atomic E-state index is 0.655. The van der Waals surface area contributed by atoms with E-state index in [1.165, 1.54) is 0 Å². The number of nitrogens with zero attached hydrogens (tertiary/aromatic N) is 5. The summed E-state index contributed by atoms with van der Waals surface area (Å²) >= 11 is 0. The van der Waals surface area contributed by atoms with E-state index in [9.17, 15) is 0 Å². The van der Waals surface area contributed by atoms with Crippen LogP contribution in [0.15, 0.2) is 28.2 Å². The molecular formula is C11H17N5. The van der Waals surface area contributed by atoms with E-state index in [1.807, 2.05) is 56.2 Å². The Balaban J connectivity index is 2.79. The molecular weight excluding hydrogens is 202 g/mol. The Bertz CT molecular complexity index is 348. The topological polar surface area (TPSA) is 44.1 Å². The fraction of sp³-hybridized carbons (Fsp3) is 0.364. The zero-order chi connectivity index (χ0) is 12.0. The van der Waals surface area contributed by atoms with Gasteiger partial charge >= 0.3 is 0 Å². The molecule has 0 aliphatic rings. The van der Waals surface area contributed by atoms with Gasteiger partial charge in [-0.3, -0.25) is 0 Å². The van der Waals surface area contributed by atoms with Crippen molar-refractivity contribution in [3.05, 3.63) is 18.2 Å². The number of pyridine rings is 1.